The fraction of sp³-hybridized carbons (Fsp3) is 0.143. The summed E-state index contributed by atoms with van der Waals surface area (Å²) in [6.07, 6.45) is 1.48. The van der Waals surface area contributed by atoms with Crippen molar-refractivity contribution in [3.05, 3.63) is 56.2 Å². The number of hydrogen-bond donors (Lipinski definition) is 1. The maximum Gasteiger partial charge on any atom is 0.269 e. The predicted octanol–water partition coefficient (Wildman–Crippen LogP) is 4.17. The van der Waals surface area contributed by atoms with Crippen LogP contribution in [0.4, 0.5) is 11.5 Å². The molecule has 0 unspecified atom stereocenters. The van der Waals surface area contributed by atoms with Gasteiger partial charge in [-0.15, -0.1) is 11.3 Å². The first-order chi connectivity index (χ1) is 10.6. The first kappa shape index (κ1) is 14.7. The minimum atomic E-state index is -0.411. The monoisotopic (exact) mass is 334 g/mol. The molecule has 1 N–H and O–H groups in total. The van der Waals surface area contributed by atoms with Crippen LogP contribution in [0, 0.1) is 17.0 Å². The number of nitrogens with zero attached hydrogens (tertiary/aromatic N) is 3. The van der Waals surface area contributed by atoms with Crippen LogP contribution in [0.1, 0.15) is 10.4 Å². The maximum atomic E-state index is 10.8. The lowest BCUT2D eigenvalue weighted by atomic mass is 10.2. The van der Waals surface area contributed by atoms with Crippen LogP contribution in [0.15, 0.2) is 30.6 Å². The topological polar surface area (TPSA) is 81.0 Å². The summed E-state index contributed by atoms with van der Waals surface area (Å²) >= 11 is 7.80. The molecule has 6 nitrogen and oxygen atoms in total. The number of halogens is 1. The summed E-state index contributed by atoms with van der Waals surface area (Å²) in [5.41, 5.74) is 0.862. The fourth-order valence-electron chi connectivity index (χ4n) is 2.11. The first-order valence-corrected chi connectivity index (χ1v) is 7.62. The number of aromatic nitrogens is 2. The number of benzene rings is 1. The number of aryl methyl sites for hydroxylation is 1. The van der Waals surface area contributed by atoms with Crippen molar-refractivity contribution in [1.29, 1.82) is 0 Å². The molecular weight excluding hydrogens is 324 g/mol. The molecule has 0 atom stereocenters. The van der Waals surface area contributed by atoms with E-state index < -0.39 is 4.92 Å². The van der Waals surface area contributed by atoms with E-state index in [-0.39, 0.29) is 5.69 Å². The Bertz CT molecular complexity index is 865. The van der Waals surface area contributed by atoms with Gasteiger partial charge in [-0.2, -0.15) is 0 Å². The second-order valence-corrected chi connectivity index (χ2v) is 6.24. The first-order valence-electron chi connectivity index (χ1n) is 6.43. The predicted molar refractivity (Wildman–Crippen MR) is 87.6 cm³/mol. The third-order valence-electron chi connectivity index (χ3n) is 3.17. The van der Waals surface area contributed by atoms with Gasteiger partial charge < -0.3 is 5.32 Å². The Morgan fingerprint density at radius 1 is 1.41 bits per heavy atom. The van der Waals surface area contributed by atoms with Crippen molar-refractivity contribution >= 4 is 44.7 Å². The molecule has 112 valence electrons. The van der Waals surface area contributed by atoms with Crippen molar-refractivity contribution in [2.24, 2.45) is 0 Å². The molecule has 3 aromatic rings. The van der Waals surface area contributed by atoms with Crippen LogP contribution in [0.2, 0.25) is 5.02 Å². The maximum absolute atomic E-state index is 10.8. The number of anilines is 1. The Morgan fingerprint density at radius 3 is 3.00 bits per heavy atom. The Kier molecular flexibility index (Phi) is 3.91. The third-order valence-corrected chi connectivity index (χ3v) is 4.77. The minimum Gasteiger partial charge on any atom is -0.365 e. The van der Waals surface area contributed by atoms with E-state index >= 15 is 0 Å². The molecule has 2 aromatic heterocycles. The SMILES string of the molecule is Cc1sc2ncnc(NCc3cccc([N+](=O)[O-])c3)c2c1Cl. The molecule has 0 amide bonds. The number of nitro benzene ring substituents is 1. The van der Waals surface area contributed by atoms with E-state index in [1.165, 1.54) is 29.8 Å². The Morgan fingerprint density at radius 2 is 2.23 bits per heavy atom. The zero-order valence-electron chi connectivity index (χ0n) is 11.5. The number of nitrogens with one attached hydrogen (secondary N) is 1. The lowest BCUT2D eigenvalue weighted by Gasteiger charge is -2.07. The van der Waals surface area contributed by atoms with Crippen LogP contribution in [0.5, 0.6) is 0 Å². The summed E-state index contributed by atoms with van der Waals surface area (Å²) in [7, 11) is 0. The largest absolute Gasteiger partial charge is 0.365 e. The molecule has 8 heteroatoms. The number of hydrogen-bond acceptors (Lipinski definition) is 6. The van der Waals surface area contributed by atoms with Crippen molar-refractivity contribution in [1.82, 2.24) is 9.97 Å². The normalized spacial score (nSPS) is 10.8. The van der Waals surface area contributed by atoms with Gasteiger partial charge in [-0.25, -0.2) is 9.97 Å². The van der Waals surface area contributed by atoms with Crippen LogP contribution in [-0.2, 0) is 6.54 Å². The molecule has 0 aliphatic carbocycles. The second-order valence-electron chi connectivity index (χ2n) is 4.66. The smallest absolute Gasteiger partial charge is 0.269 e. The van der Waals surface area contributed by atoms with Gasteiger partial charge >= 0.3 is 0 Å². The molecule has 0 radical (unpaired) electrons. The van der Waals surface area contributed by atoms with E-state index in [9.17, 15) is 10.1 Å². The highest BCUT2D eigenvalue weighted by Gasteiger charge is 2.13. The fourth-order valence-corrected chi connectivity index (χ4v) is 3.34. The van der Waals surface area contributed by atoms with Crippen LogP contribution >= 0.6 is 22.9 Å². The van der Waals surface area contributed by atoms with Crippen molar-refractivity contribution in [2.45, 2.75) is 13.5 Å². The average molecular weight is 335 g/mol. The van der Waals surface area contributed by atoms with Gasteiger partial charge in [0.2, 0.25) is 0 Å². The van der Waals surface area contributed by atoms with E-state index in [0.717, 1.165) is 20.7 Å². The standard InChI is InChI=1S/C14H11ClN4O2S/c1-8-12(15)11-13(17-7-18-14(11)22-8)16-6-9-3-2-4-10(5-9)19(20)21/h2-5,7H,6H2,1H3,(H,16,17,18). The molecule has 1 aromatic carbocycles. The second kappa shape index (κ2) is 5.86. The Balaban J connectivity index is 1.88. The van der Waals surface area contributed by atoms with Gasteiger partial charge in [0.25, 0.3) is 5.69 Å². The molecule has 2 heterocycles. The van der Waals surface area contributed by atoms with E-state index in [2.05, 4.69) is 15.3 Å². The summed E-state index contributed by atoms with van der Waals surface area (Å²) < 4.78 is 0. The quantitative estimate of drug-likeness (QED) is 0.572. The van der Waals surface area contributed by atoms with Crippen molar-refractivity contribution in [3.63, 3.8) is 0 Å². The Labute approximate surface area is 134 Å². The molecule has 3 rings (SSSR count). The van der Waals surface area contributed by atoms with Crippen LogP contribution in [0.25, 0.3) is 10.2 Å². The van der Waals surface area contributed by atoms with E-state index in [0.29, 0.717) is 17.4 Å². The third kappa shape index (κ3) is 2.72. The van der Waals surface area contributed by atoms with Crippen LogP contribution < -0.4 is 5.32 Å². The lowest BCUT2D eigenvalue weighted by Crippen LogP contribution is -2.02. The van der Waals surface area contributed by atoms with Crippen molar-refractivity contribution in [3.8, 4) is 0 Å². The highest BCUT2D eigenvalue weighted by atomic mass is 35.5. The van der Waals surface area contributed by atoms with Gasteiger partial charge in [-0.05, 0) is 12.5 Å². The minimum absolute atomic E-state index is 0.0662. The van der Waals surface area contributed by atoms with Gasteiger partial charge in [-0.1, -0.05) is 23.7 Å². The van der Waals surface area contributed by atoms with E-state index in [4.69, 9.17) is 11.6 Å². The zero-order chi connectivity index (χ0) is 15.7. The molecule has 0 bridgehead atoms. The van der Waals surface area contributed by atoms with Crippen molar-refractivity contribution < 1.29 is 4.92 Å². The highest BCUT2D eigenvalue weighted by molar-refractivity contribution is 7.19. The lowest BCUT2D eigenvalue weighted by molar-refractivity contribution is -0.384. The molecular formula is C14H11ClN4O2S. The number of nitro groups is 1. The van der Waals surface area contributed by atoms with E-state index in [1.54, 1.807) is 6.07 Å². The van der Waals surface area contributed by atoms with Gasteiger partial charge in [0, 0.05) is 23.6 Å². The summed E-state index contributed by atoms with van der Waals surface area (Å²) in [6, 6.07) is 6.47. The molecule has 0 saturated carbocycles. The number of rotatable bonds is 4. The zero-order valence-corrected chi connectivity index (χ0v) is 13.1. The average Bonchev–Trinajstić information content (AvgIpc) is 2.81. The molecule has 22 heavy (non-hydrogen) atoms. The number of thiophene rings is 1. The van der Waals surface area contributed by atoms with Gasteiger partial charge in [-0.3, -0.25) is 10.1 Å². The van der Waals surface area contributed by atoms with Crippen LogP contribution in [0.3, 0.4) is 0 Å². The molecule has 0 fully saturated rings. The van der Waals surface area contributed by atoms with Gasteiger partial charge in [0.05, 0.1) is 15.3 Å². The molecule has 0 aliphatic rings. The summed E-state index contributed by atoms with van der Waals surface area (Å²) in [5.74, 6) is 0.630. The number of non-ortho nitro benzene ring substituents is 1. The van der Waals surface area contributed by atoms with Gasteiger partial charge in [0.1, 0.15) is 17.0 Å². The van der Waals surface area contributed by atoms with Gasteiger partial charge in [0.15, 0.2) is 0 Å². The van der Waals surface area contributed by atoms with Crippen LogP contribution in [-0.4, -0.2) is 14.9 Å². The molecule has 0 saturated heterocycles. The summed E-state index contributed by atoms with van der Waals surface area (Å²) in [4.78, 5) is 20.6. The number of fused-ring (bicyclic) bond motifs is 1. The summed E-state index contributed by atoms with van der Waals surface area (Å²) in [5, 5.41) is 15.4. The van der Waals surface area contributed by atoms with E-state index in [1.807, 2.05) is 13.0 Å². The van der Waals surface area contributed by atoms with Crippen molar-refractivity contribution in [2.75, 3.05) is 5.32 Å². The Hall–Kier alpha value is -2.25. The molecule has 0 spiro atoms. The summed E-state index contributed by atoms with van der Waals surface area (Å²) in [6.45, 7) is 2.35. The highest BCUT2D eigenvalue weighted by Crippen LogP contribution is 2.36. The molecule has 0 aliphatic heterocycles.